The largest absolute Gasteiger partial charge is 0.363 e. The number of aromatic nitrogens is 1. The third-order valence-electron chi connectivity index (χ3n) is 3.95. The molecule has 1 heterocycles. The van der Waals surface area contributed by atoms with Gasteiger partial charge in [0.05, 0.1) is 0 Å². The molecule has 0 atom stereocenters. The lowest BCUT2D eigenvalue weighted by atomic mass is 9.91. The number of amides is 2. The molecule has 0 saturated heterocycles. The van der Waals surface area contributed by atoms with E-state index in [1.54, 1.807) is 18.2 Å². The predicted octanol–water partition coefficient (Wildman–Crippen LogP) is 2.33. The number of benzene rings is 1. The minimum Gasteiger partial charge on any atom is -0.363 e. The molecule has 0 bridgehead atoms. The Balaban J connectivity index is 1.74. The summed E-state index contributed by atoms with van der Waals surface area (Å²) in [4.78, 5) is 26.0. The highest BCUT2D eigenvalue weighted by Crippen LogP contribution is 2.27. The van der Waals surface area contributed by atoms with Crippen LogP contribution in [0.2, 0.25) is 0 Å². The molecule has 1 N–H and O–H groups in total. The number of carbonyl (C=O) groups excluding carboxylic acids is 2. The van der Waals surface area contributed by atoms with Gasteiger partial charge in [0.1, 0.15) is 12.1 Å². The molecule has 120 valence electrons. The molecule has 0 radical (unpaired) electrons. The lowest BCUT2D eigenvalue weighted by molar-refractivity contribution is -0.146. The van der Waals surface area contributed by atoms with Gasteiger partial charge in [-0.05, 0) is 25.3 Å². The number of rotatable bonds is 4. The Bertz CT molecular complexity index is 698. The Morgan fingerprint density at radius 3 is 2.70 bits per heavy atom. The number of nitrogens with zero attached hydrogens (tertiary/aromatic N) is 2. The lowest BCUT2D eigenvalue weighted by Gasteiger charge is -2.37. The highest BCUT2D eigenvalue weighted by atomic mass is 19.1. The number of carbonyl (C=O) groups is 2. The van der Waals surface area contributed by atoms with Crippen LogP contribution in [-0.4, -0.2) is 27.9 Å². The van der Waals surface area contributed by atoms with Crippen molar-refractivity contribution in [3.63, 3.8) is 0 Å². The fraction of sp³-hybridized carbons (Fsp3) is 0.312. The van der Waals surface area contributed by atoms with Crippen molar-refractivity contribution in [3.8, 4) is 0 Å². The van der Waals surface area contributed by atoms with Crippen LogP contribution in [0.25, 0.3) is 0 Å². The number of hydrogen-bond acceptors (Lipinski definition) is 4. The van der Waals surface area contributed by atoms with Crippen molar-refractivity contribution >= 4 is 17.6 Å². The Hall–Kier alpha value is -2.70. The second-order valence-electron chi connectivity index (χ2n) is 5.45. The van der Waals surface area contributed by atoms with E-state index < -0.39 is 11.8 Å². The van der Waals surface area contributed by atoms with Gasteiger partial charge in [0.2, 0.25) is 0 Å². The van der Waals surface area contributed by atoms with Crippen LogP contribution in [0.1, 0.15) is 24.8 Å². The van der Waals surface area contributed by atoms with E-state index in [-0.39, 0.29) is 24.2 Å². The van der Waals surface area contributed by atoms with Gasteiger partial charge in [-0.25, -0.2) is 4.39 Å². The normalized spacial score (nSPS) is 14.1. The summed E-state index contributed by atoms with van der Waals surface area (Å²) < 4.78 is 18.5. The standard InChI is InChI=1S/C16H16FN3O3/c17-13-7-2-1-4-11(13)10-20(12-5-3-6-12)16(22)15(21)18-14-8-9-23-19-14/h1-2,4,7-9,12H,3,5-6,10H2,(H,18,19,21). The maximum absolute atomic E-state index is 13.8. The molecule has 0 spiro atoms. The molecule has 7 heteroatoms. The third kappa shape index (κ3) is 3.39. The van der Waals surface area contributed by atoms with Crippen LogP contribution in [0.3, 0.4) is 0 Å². The average Bonchev–Trinajstić information content (AvgIpc) is 2.99. The Morgan fingerprint density at radius 1 is 1.30 bits per heavy atom. The fourth-order valence-corrected chi connectivity index (χ4v) is 2.45. The molecular weight excluding hydrogens is 301 g/mol. The van der Waals surface area contributed by atoms with Gasteiger partial charge >= 0.3 is 11.8 Å². The van der Waals surface area contributed by atoms with Gasteiger partial charge in [0.25, 0.3) is 0 Å². The molecule has 1 aliphatic rings. The van der Waals surface area contributed by atoms with Gasteiger partial charge in [0, 0.05) is 24.2 Å². The second-order valence-corrected chi connectivity index (χ2v) is 5.45. The predicted molar refractivity (Wildman–Crippen MR) is 79.7 cm³/mol. The van der Waals surface area contributed by atoms with Crippen molar-refractivity contribution in [2.75, 3.05) is 5.32 Å². The first kappa shape index (κ1) is 15.2. The first-order valence-corrected chi connectivity index (χ1v) is 7.41. The molecule has 2 aromatic rings. The molecule has 1 aromatic heterocycles. The third-order valence-corrected chi connectivity index (χ3v) is 3.95. The van der Waals surface area contributed by atoms with Crippen LogP contribution in [-0.2, 0) is 16.1 Å². The van der Waals surface area contributed by atoms with Gasteiger partial charge in [-0.1, -0.05) is 23.4 Å². The summed E-state index contributed by atoms with van der Waals surface area (Å²) in [5, 5.41) is 5.91. The van der Waals surface area contributed by atoms with Gasteiger partial charge in [-0.2, -0.15) is 0 Å². The quantitative estimate of drug-likeness (QED) is 0.878. The maximum atomic E-state index is 13.8. The SMILES string of the molecule is O=C(Nc1ccon1)C(=O)N(Cc1ccccc1F)C1CCC1. The van der Waals surface area contributed by atoms with E-state index in [2.05, 4.69) is 15.0 Å². The zero-order chi connectivity index (χ0) is 16.2. The summed E-state index contributed by atoms with van der Waals surface area (Å²) in [7, 11) is 0. The highest BCUT2D eigenvalue weighted by molar-refractivity contribution is 6.39. The minimum absolute atomic E-state index is 0.0369. The second kappa shape index (κ2) is 6.60. The number of hydrogen-bond donors (Lipinski definition) is 1. The van der Waals surface area contributed by atoms with E-state index in [1.165, 1.54) is 23.3 Å². The average molecular weight is 317 g/mol. The van der Waals surface area contributed by atoms with Crippen molar-refractivity contribution < 1.29 is 18.5 Å². The smallest absolute Gasteiger partial charge is 0.315 e. The van der Waals surface area contributed by atoms with E-state index in [0.29, 0.717) is 5.56 Å². The van der Waals surface area contributed by atoms with Crippen LogP contribution < -0.4 is 5.32 Å². The molecule has 0 unspecified atom stereocenters. The van der Waals surface area contributed by atoms with Crippen LogP contribution in [0.4, 0.5) is 10.2 Å². The molecule has 6 nitrogen and oxygen atoms in total. The Morgan fingerprint density at radius 2 is 2.09 bits per heavy atom. The molecule has 1 aliphatic carbocycles. The Labute approximate surface area is 132 Å². The molecule has 1 saturated carbocycles. The first-order valence-electron chi connectivity index (χ1n) is 7.41. The molecule has 1 aromatic carbocycles. The van der Waals surface area contributed by atoms with E-state index in [1.807, 2.05) is 0 Å². The molecule has 0 aliphatic heterocycles. The van der Waals surface area contributed by atoms with Crippen molar-refractivity contribution in [2.45, 2.75) is 31.8 Å². The minimum atomic E-state index is -0.804. The summed E-state index contributed by atoms with van der Waals surface area (Å²) in [6, 6.07) is 7.65. The van der Waals surface area contributed by atoms with Crippen LogP contribution in [0, 0.1) is 5.82 Å². The molecule has 2 amide bonds. The molecule has 3 rings (SSSR count). The van der Waals surface area contributed by atoms with E-state index in [4.69, 9.17) is 0 Å². The summed E-state index contributed by atoms with van der Waals surface area (Å²) in [6.07, 6.45) is 3.93. The van der Waals surface area contributed by atoms with Gasteiger partial charge < -0.3 is 9.42 Å². The van der Waals surface area contributed by atoms with Crippen molar-refractivity contribution in [3.05, 3.63) is 48.0 Å². The van der Waals surface area contributed by atoms with E-state index in [0.717, 1.165) is 19.3 Å². The maximum Gasteiger partial charge on any atom is 0.315 e. The van der Waals surface area contributed by atoms with Crippen molar-refractivity contribution in [2.24, 2.45) is 0 Å². The van der Waals surface area contributed by atoms with E-state index in [9.17, 15) is 14.0 Å². The van der Waals surface area contributed by atoms with Crippen molar-refractivity contribution in [1.29, 1.82) is 0 Å². The Kier molecular flexibility index (Phi) is 4.36. The van der Waals surface area contributed by atoms with Crippen LogP contribution >= 0.6 is 0 Å². The molecule has 1 fully saturated rings. The topological polar surface area (TPSA) is 75.4 Å². The highest BCUT2D eigenvalue weighted by Gasteiger charge is 2.33. The summed E-state index contributed by atoms with van der Waals surface area (Å²) in [5.74, 6) is -1.72. The zero-order valence-corrected chi connectivity index (χ0v) is 12.4. The summed E-state index contributed by atoms with van der Waals surface area (Å²) in [6.45, 7) is 0.0718. The van der Waals surface area contributed by atoms with Gasteiger partial charge in [0.15, 0.2) is 5.82 Å². The first-order chi connectivity index (χ1) is 11.1. The number of nitrogens with one attached hydrogen (secondary N) is 1. The van der Waals surface area contributed by atoms with Crippen LogP contribution in [0.15, 0.2) is 41.1 Å². The monoisotopic (exact) mass is 317 g/mol. The number of halogens is 1. The number of anilines is 1. The molecular formula is C16H16FN3O3. The zero-order valence-electron chi connectivity index (χ0n) is 12.4. The summed E-state index contributed by atoms with van der Waals surface area (Å²) >= 11 is 0. The fourth-order valence-electron chi connectivity index (χ4n) is 2.45. The van der Waals surface area contributed by atoms with Gasteiger partial charge in [-0.15, -0.1) is 0 Å². The lowest BCUT2D eigenvalue weighted by Crippen LogP contribution is -2.48. The van der Waals surface area contributed by atoms with Crippen LogP contribution in [0.5, 0.6) is 0 Å². The summed E-state index contributed by atoms with van der Waals surface area (Å²) in [5.41, 5.74) is 0.391. The molecule has 23 heavy (non-hydrogen) atoms. The van der Waals surface area contributed by atoms with Gasteiger partial charge in [-0.3, -0.25) is 14.9 Å². The van der Waals surface area contributed by atoms with E-state index >= 15 is 0 Å². The van der Waals surface area contributed by atoms with Crippen molar-refractivity contribution in [1.82, 2.24) is 10.1 Å².